The van der Waals surface area contributed by atoms with E-state index in [1.54, 1.807) is 38.1 Å². The zero-order chi connectivity index (χ0) is 35.3. The predicted octanol–water partition coefficient (Wildman–Crippen LogP) is 5.46. The van der Waals surface area contributed by atoms with Gasteiger partial charge in [-0.25, -0.2) is 14.4 Å². The van der Waals surface area contributed by atoms with Gasteiger partial charge in [0.15, 0.2) is 0 Å². The summed E-state index contributed by atoms with van der Waals surface area (Å²) in [6.45, 7) is 5.08. The first-order chi connectivity index (χ1) is 23.6. The zero-order valence-corrected chi connectivity index (χ0v) is 27.5. The molecule has 0 aliphatic carbocycles. The van der Waals surface area contributed by atoms with Crippen molar-refractivity contribution in [2.75, 3.05) is 0 Å². The first-order valence-electron chi connectivity index (χ1n) is 15.7. The molecule has 4 aromatic rings. The highest BCUT2D eigenvalue weighted by Crippen LogP contribution is 2.30. The SMILES string of the molecule is CCCCC(=O)N(Cc1ccc(-c2ccccc2-c2nnn(COC(=O)OCc3ccccc3CON(O)O)n2)cc1)[C@H](C(=O)O)C(C)C. The summed E-state index contributed by atoms with van der Waals surface area (Å²) in [5.74, 6) is -1.18. The van der Waals surface area contributed by atoms with E-state index in [0.717, 1.165) is 27.9 Å². The minimum Gasteiger partial charge on any atom is -0.480 e. The number of aromatic nitrogens is 4. The summed E-state index contributed by atoms with van der Waals surface area (Å²) >= 11 is 0. The second-order valence-electron chi connectivity index (χ2n) is 11.5. The number of rotatable bonds is 17. The fraction of sp³-hybridized carbons (Fsp3) is 0.353. The third-order valence-electron chi connectivity index (χ3n) is 7.62. The number of carboxylic acid groups (broad SMARTS) is 1. The molecule has 15 heteroatoms. The normalized spacial score (nSPS) is 11.8. The van der Waals surface area contributed by atoms with Gasteiger partial charge in [-0.3, -0.25) is 15.2 Å². The van der Waals surface area contributed by atoms with Crippen LogP contribution in [-0.4, -0.2) is 70.1 Å². The molecule has 1 heterocycles. The molecule has 15 nitrogen and oxygen atoms in total. The van der Waals surface area contributed by atoms with Crippen molar-refractivity contribution in [1.82, 2.24) is 30.5 Å². The number of benzene rings is 3. The minimum absolute atomic E-state index is 0.150. The van der Waals surface area contributed by atoms with Gasteiger partial charge in [0.1, 0.15) is 12.6 Å². The van der Waals surface area contributed by atoms with Gasteiger partial charge in [0, 0.05) is 18.5 Å². The maximum Gasteiger partial charge on any atom is 0.510 e. The van der Waals surface area contributed by atoms with Crippen molar-refractivity contribution in [1.29, 1.82) is 0 Å². The van der Waals surface area contributed by atoms with Crippen LogP contribution in [0.4, 0.5) is 4.79 Å². The van der Waals surface area contributed by atoms with Crippen molar-refractivity contribution < 1.29 is 44.2 Å². The molecule has 49 heavy (non-hydrogen) atoms. The number of aliphatic carboxylic acids is 1. The van der Waals surface area contributed by atoms with E-state index in [9.17, 15) is 19.5 Å². The average molecular weight is 677 g/mol. The number of hydrogen-bond donors (Lipinski definition) is 3. The number of carbonyl (C=O) groups excluding carboxylic acids is 2. The van der Waals surface area contributed by atoms with Crippen LogP contribution in [0.15, 0.2) is 72.8 Å². The van der Waals surface area contributed by atoms with E-state index < -0.39 is 23.6 Å². The first kappa shape index (κ1) is 36.6. The van der Waals surface area contributed by atoms with Crippen LogP contribution in [0.5, 0.6) is 0 Å². The van der Waals surface area contributed by atoms with E-state index in [4.69, 9.17) is 19.9 Å². The van der Waals surface area contributed by atoms with Crippen LogP contribution in [0.2, 0.25) is 0 Å². The van der Waals surface area contributed by atoms with Gasteiger partial charge in [0.25, 0.3) is 0 Å². The van der Waals surface area contributed by atoms with E-state index in [0.29, 0.717) is 35.4 Å². The molecular formula is C34H40N6O9. The molecule has 0 bridgehead atoms. The fourth-order valence-corrected chi connectivity index (χ4v) is 5.17. The Labute approximate surface area is 283 Å². The van der Waals surface area contributed by atoms with Crippen LogP contribution in [-0.2, 0) is 50.4 Å². The van der Waals surface area contributed by atoms with Crippen LogP contribution in [0, 0.1) is 5.92 Å². The molecule has 1 atom stereocenters. The molecule has 0 spiro atoms. The highest BCUT2D eigenvalue weighted by atomic mass is 17.1. The highest BCUT2D eigenvalue weighted by molar-refractivity contribution is 5.84. The zero-order valence-electron chi connectivity index (χ0n) is 27.5. The second kappa shape index (κ2) is 17.8. The lowest BCUT2D eigenvalue weighted by Crippen LogP contribution is -2.47. The van der Waals surface area contributed by atoms with Gasteiger partial charge in [-0.15, -0.1) is 15.0 Å². The van der Waals surface area contributed by atoms with Gasteiger partial charge in [0.2, 0.25) is 18.5 Å². The topological polar surface area (TPSA) is 190 Å². The summed E-state index contributed by atoms with van der Waals surface area (Å²) in [6.07, 6.45) is 0.838. The quantitative estimate of drug-likeness (QED) is 0.0945. The maximum atomic E-state index is 13.1. The highest BCUT2D eigenvalue weighted by Gasteiger charge is 2.32. The molecule has 0 unspecified atom stereocenters. The average Bonchev–Trinajstić information content (AvgIpc) is 3.57. The largest absolute Gasteiger partial charge is 0.510 e. The Balaban J connectivity index is 1.41. The molecule has 1 aromatic heterocycles. The van der Waals surface area contributed by atoms with Gasteiger partial charge >= 0.3 is 12.1 Å². The molecule has 3 N–H and O–H groups in total. The van der Waals surface area contributed by atoms with Crippen LogP contribution in [0.25, 0.3) is 22.5 Å². The molecule has 0 radical (unpaired) electrons. The Hall–Kier alpha value is -5.22. The summed E-state index contributed by atoms with van der Waals surface area (Å²) in [5.41, 5.74) is 4.26. The van der Waals surface area contributed by atoms with Crippen LogP contribution >= 0.6 is 0 Å². The minimum atomic E-state index is -1.03. The molecule has 0 fully saturated rings. The van der Waals surface area contributed by atoms with Crippen molar-refractivity contribution in [2.45, 2.75) is 72.6 Å². The Bertz CT molecular complexity index is 1690. The smallest absolute Gasteiger partial charge is 0.480 e. The summed E-state index contributed by atoms with van der Waals surface area (Å²) in [4.78, 5) is 44.6. The number of carboxylic acids is 1. The van der Waals surface area contributed by atoms with Crippen LogP contribution in [0.1, 0.15) is 56.7 Å². The Morgan fingerprint density at radius 1 is 0.878 bits per heavy atom. The number of amides is 1. The molecular weight excluding hydrogens is 636 g/mol. The molecule has 260 valence electrons. The third kappa shape index (κ3) is 10.4. The molecule has 0 saturated carbocycles. The number of nitrogens with zero attached hydrogens (tertiary/aromatic N) is 6. The van der Waals surface area contributed by atoms with Crippen molar-refractivity contribution in [3.63, 3.8) is 0 Å². The molecule has 1 amide bonds. The van der Waals surface area contributed by atoms with Crippen molar-refractivity contribution in [3.8, 4) is 22.5 Å². The molecule has 0 aliphatic rings. The Morgan fingerprint density at radius 2 is 1.53 bits per heavy atom. The standard InChI is InChI=1S/C34H40N6O9/c1-4-5-14-30(41)38(31(23(2)3)33(42)43)19-24-15-17-25(18-16-24)28-12-8-9-13-29(28)32-35-37-39(36-32)22-48-34(44)47-20-26-10-6-7-11-27(26)21-49-40(45)46/h6-13,15-18,23,31,45-46H,4-5,14,19-22H2,1-3H3,(H,42,43)/t31-/m0/s1. The molecule has 4 rings (SSSR count). The van der Waals surface area contributed by atoms with Crippen molar-refractivity contribution >= 4 is 18.0 Å². The van der Waals surface area contributed by atoms with Crippen molar-refractivity contribution in [2.24, 2.45) is 5.92 Å². The Kier molecular flexibility index (Phi) is 13.3. The lowest BCUT2D eigenvalue weighted by atomic mass is 9.97. The lowest BCUT2D eigenvalue weighted by Gasteiger charge is -2.32. The third-order valence-corrected chi connectivity index (χ3v) is 7.62. The number of carbonyl (C=O) groups is 3. The van der Waals surface area contributed by atoms with Crippen molar-refractivity contribution in [3.05, 3.63) is 89.5 Å². The molecule has 0 aliphatic heterocycles. The van der Waals surface area contributed by atoms with Gasteiger partial charge < -0.3 is 19.5 Å². The maximum absolute atomic E-state index is 13.1. The van der Waals surface area contributed by atoms with Gasteiger partial charge in [-0.1, -0.05) is 100.0 Å². The number of unbranched alkanes of at least 4 members (excludes halogenated alkanes) is 1. The summed E-state index contributed by atoms with van der Waals surface area (Å²) in [7, 11) is 0. The number of tetrazole rings is 1. The van der Waals surface area contributed by atoms with Gasteiger partial charge in [0.05, 0.1) is 12.0 Å². The monoisotopic (exact) mass is 676 g/mol. The molecule has 0 saturated heterocycles. The summed E-state index contributed by atoms with van der Waals surface area (Å²) in [5, 5.41) is 39.5. The summed E-state index contributed by atoms with van der Waals surface area (Å²) < 4.78 is 10.3. The van der Waals surface area contributed by atoms with E-state index in [1.165, 1.54) is 4.90 Å². The first-order valence-corrected chi connectivity index (χ1v) is 15.7. The fourth-order valence-electron chi connectivity index (χ4n) is 5.17. The molecule has 3 aromatic carbocycles. The summed E-state index contributed by atoms with van der Waals surface area (Å²) in [6, 6.07) is 20.9. The second-order valence-corrected chi connectivity index (χ2v) is 11.5. The lowest BCUT2D eigenvalue weighted by molar-refractivity contribution is -0.497. The van der Waals surface area contributed by atoms with Gasteiger partial charge in [-0.2, -0.15) is 0 Å². The van der Waals surface area contributed by atoms with E-state index in [-0.39, 0.29) is 38.3 Å². The van der Waals surface area contributed by atoms with E-state index in [1.807, 2.05) is 55.5 Å². The van der Waals surface area contributed by atoms with E-state index in [2.05, 4.69) is 20.2 Å². The van der Waals surface area contributed by atoms with Crippen LogP contribution in [0.3, 0.4) is 0 Å². The number of ether oxygens (including phenoxy) is 2. The van der Waals surface area contributed by atoms with E-state index >= 15 is 0 Å². The number of hydrogen-bond acceptors (Lipinski definition) is 12. The Morgan fingerprint density at radius 3 is 2.16 bits per heavy atom. The predicted molar refractivity (Wildman–Crippen MR) is 173 cm³/mol. The van der Waals surface area contributed by atoms with Crippen LogP contribution < -0.4 is 0 Å². The van der Waals surface area contributed by atoms with Gasteiger partial charge in [-0.05, 0) is 45.4 Å².